The fourth-order valence-electron chi connectivity index (χ4n) is 2.58. The second-order valence-electron chi connectivity index (χ2n) is 5.30. The van der Waals surface area contributed by atoms with Gasteiger partial charge in [-0.05, 0) is 36.6 Å². The number of rotatable bonds is 0. The molecule has 1 heterocycles. The molecule has 1 aliphatic rings. The van der Waals surface area contributed by atoms with Crippen molar-refractivity contribution in [3.63, 3.8) is 0 Å². The van der Waals surface area contributed by atoms with Crippen molar-refractivity contribution in [1.82, 2.24) is 4.98 Å². The summed E-state index contributed by atoms with van der Waals surface area (Å²) in [5.41, 5.74) is 3.42. The quantitative estimate of drug-likeness (QED) is 0.669. The van der Waals surface area contributed by atoms with E-state index in [0.29, 0.717) is 5.02 Å². The van der Waals surface area contributed by atoms with Crippen LogP contribution in [0.15, 0.2) is 18.2 Å². The van der Waals surface area contributed by atoms with Gasteiger partial charge in [0.2, 0.25) is 0 Å². The minimum atomic E-state index is 0.132. The molecular weight excluding hydrogens is 253 g/mol. The summed E-state index contributed by atoms with van der Waals surface area (Å²) in [5, 5.41) is 2.51. The topological polar surface area (TPSA) is 12.9 Å². The Labute approximate surface area is 111 Å². The molecule has 3 rings (SSSR count). The summed E-state index contributed by atoms with van der Waals surface area (Å²) in [6.45, 7) is 4.45. The molecule has 0 N–H and O–H groups in total. The van der Waals surface area contributed by atoms with Gasteiger partial charge in [-0.1, -0.05) is 37.0 Å². The summed E-state index contributed by atoms with van der Waals surface area (Å²) in [7, 11) is 0. The molecule has 1 nitrogen and oxygen atoms in total. The van der Waals surface area contributed by atoms with Crippen LogP contribution in [0.2, 0.25) is 10.0 Å². The molecule has 0 bridgehead atoms. The molecule has 88 valence electrons. The number of fused-ring (bicyclic) bond motifs is 2. The molecule has 0 spiro atoms. The first kappa shape index (κ1) is 11.3. The zero-order valence-corrected chi connectivity index (χ0v) is 11.4. The van der Waals surface area contributed by atoms with Crippen molar-refractivity contribution in [1.29, 1.82) is 0 Å². The number of pyridine rings is 1. The maximum absolute atomic E-state index is 6.49. The minimum absolute atomic E-state index is 0.132. The zero-order chi connectivity index (χ0) is 12.2. The lowest BCUT2D eigenvalue weighted by Gasteiger charge is -2.18. The van der Waals surface area contributed by atoms with Crippen molar-refractivity contribution in [3.05, 3.63) is 39.5 Å². The first-order valence-electron chi connectivity index (χ1n) is 5.77. The predicted molar refractivity (Wildman–Crippen MR) is 73.1 cm³/mol. The fourth-order valence-corrected chi connectivity index (χ4v) is 3.09. The summed E-state index contributed by atoms with van der Waals surface area (Å²) < 4.78 is 0. The second kappa shape index (κ2) is 3.60. The Hall–Kier alpha value is -0.790. The van der Waals surface area contributed by atoms with Gasteiger partial charge < -0.3 is 0 Å². The fraction of sp³-hybridized carbons (Fsp3) is 0.357. The molecule has 0 fully saturated rings. The Morgan fingerprint density at radius 2 is 2.00 bits per heavy atom. The molecule has 1 aromatic heterocycles. The maximum atomic E-state index is 6.49. The third-order valence-electron chi connectivity index (χ3n) is 3.62. The molecule has 0 saturated carbocycles. The third kappa shape index (κ3) is 1.64. The summed E-state index contributed by atoms with van der Waals surface area (Å²) in [4.78, 5) is 4.77. The molecule has 0 aliphatic heterocycles. The Morgan fingerprint density at radius 3 is 2.76 bits per heavy atom. The van der Waals surface area contributed by atoms with Crippen LogP contribution < -0.4 is 0 Å². The van der Waals surface area contributed by atoms with Crippen molar-refractivity contribution < 1.29 is 0 Å². The Kier molecular flexibility index (Phi) is 2.39. The van der Waals surface area contributed by atoms with E-state index >= 15 is 0 Å². The van der Waals surface area contributed by atoms with Gasteiger partial charge in [0.15, 0.2) is 0 Å². The van der Waals surface area contributed by atoms with Gasteiger partial charge >= 0.3 is 0 Å². The third-order valence-corrected chi connectivity index (χ3v) is 4.29. The van der Waals surface area contributed by atoms with E-state index in [1.54, 1.807) is 0 Å². The van der Waals surface area contributed by atoms with Crippen LogP contribution in [0.4, 0.5) is 0 Å². The van der Waals surface area contributed by atoms with E-state index in [-0.39, 0.29) is 5.41 Å². The van der Waals surface area contributed by atoms with Gasteiger partial charge in [-0.15, -0.1) is 0 Å². The molecule has 1 aromatic carbocycles. The van der Waals surface area contributed by atoms with E-state index in [2.05, 4.69) is 13.8 Å². The van der Waals surface area contributed by atoms with Crippen LogP contribution in [-0.4, -0.2) is 4.98 Å². The summed E-state index contributed by atoms with van der Waals surface area (Å²) >= 11 is 12.5. The van der Waals surface area contributed by atoms with E-state index in [9.17, 15) is 0 Å². The molecule has 0 saturated heterocycles. The number of nitrogens with zero attached hydrogens (tertiary/aromatic N) is 1. The van der Waals surface area contributed by atoms with Crippen LogP contribution in [0, 0.1) is 0 Å². The number of hydrogen-bond donors (Lipinski definition) is 0. The van der Waals surface area contributed by atoms with Crippen LogP contribution in [0.1, 0.15) is 31.5 Å². The second-order valence-corrected chi connectivity index (χ2v) is 6.11. The van der Waals surface area contributed by atoms with E-state index in [1.807, 2.05) is 18.2 Å². The Balaban J connectivity index is 2.39. The summed E-state index contributed by atoms with van der Waals surface area (Å²) in [6, 6.07) is 5.71. The smallest absolute Gasteiger partial charge is 0.0721 e. The first-order valence-corrected chi connectivity index (χ1v) is 6.53. The lowest BCUT2D eigenvalue weighted by atomic mass is 9.90. The van der Waals surface area contributed by atoms with Gasteiger partial charge in [0, 0.05) is 15.8 Å². The normalized spacial score (nSPS) is 17.4. The number of hydrogen-bond acceptors (Lipinski definition) is 1. The lowest BCUT2D eigenvalue weighted by Crippen LogP contribution is -2.14. The first-order chi connectivity index (χ1) is 7.99. The SMILES string of the molecule is CC1(C)CCc2c1nc1ccc(Cl)cc1c2Cl. The van der Waals surface area contributed by atoms with Crippen LogP contribution >= 0.6 is 23.2 Å². The highest BCUT2D eigenvalue weighted by Crippen LogP contribution is 2.42. The molecule has 0 amide bonds. The van der Waals surface area contributed by atoms with Crippen molar-refractivity contribution >= 4 is 34.1 Å². The van der Waals surface area contributed by atoms with Gasteiger partial charge in [-0.25, -0.2) is 0 Å². The Morgan fingerprint density at radius 1 is 1.24 bits per heavy atom. The molecule has 17 heavy (non-hydrogen) atoms. The van der Waals surface area contributed by atoms with Crippen LogP contribution in [0.5, 0.6) is 0 Å². The lowest BCUT2D eigenvalue weighted by molar-refractivity contribution is 0.510. The van der Waals surface area contributed by atoms with Crippen molar-refractivity contribution in [2.75, 3.05) is 0 Å². The molecule has 1 aliphatic carbocycles. The van der Waals surface area contributed by atoms with E-state index < -0.39 is 0 Å². The molecular formula is C14H13Cl2N. The van der Waals surface area contributed by atoms with Crippen LogP contribution in [0.3, 0.4) is 0 Å². The van der Waals surface area contributed by atoms with E-state index in [1.165, 1.54) is 5.56 Å². The van der Waals surface area contributed by atoms with Gasteiger partial charge in [0.25, 0.3) is 0 Å². The summed E-state index contributed by atoms with van der Waals surface area (Å²) in [5.74, 6) is 0. The standard InChI is InChI=1S/C14H13Cl2N/c1-14(2)6-5-9-12(16)10-7-8(15)3-4-11(10)17-13(9)14/h3-4,7H,5-6H2,1-2H3. The molecule has 0 unspecified atom stereocenters. The largest absolute Gasteiger partial charge is 0.252 e. The number of halogens is 2. The maximum Gasteiger partial charge on any atom is 0.0721 e. The number of benzene rings is 1. The van der Waals surface area contributed by atoms with Gasteiger partial charge in [0.1, 0.15) is 0 Å². The van der Waals surface area contributed by atoms with Gasteiger partial charge in [0.05, 0.1) is 16.2 Å². The average molecular weight is 266 g/mol. The monoisotopic (exact) mass is 265 g/mol. The highest BCUT2D eigenvalue weighted by molar-refractivity contribution is 6.37. The molecule has 3 heteroatoms. The molecule has 0 radical (unpaired) electrons. The minimum Gasteiger partial charge on any atom is -0.252 e. The van der Waals surface area contributed by atoms with Gasteiger partial charge in [-0.3, -0.25) is 4.98 Å². The zero-order valence-electron chi connectivity index (χ0n) is 9.85. The van der Waals surface area contributed by atoms with E-state index in [0.717, 1.165) is 34.5 Å². The molecule has 0 atom stereocenters. The predicted octanol–water partition coefficient (Wildman–Crippen LogP) is 4.77. The Bertz CT molecular complexity index is 617. The summed E-state index contributed by atoms with van der Waals surface area (Å²) in [6.07, 6.45) is 2.12. The highest BCUT2D eigenvalue weighted by atomic mass is 35.5. The van der Waals surface area contributed by atoms with Crippen LogP contribution in [0.25, 0.3) is 10.9 Å². The highest BCUT2D eigenvalue weighted by Gasteiger charge is 2.33. The van der Waals surface area contributed by atoms with Crippen molar-refractivity contribution in [2.45, 2.75) is 32.1 Å². The van der Waals surface area contributed by atoms with Gasteiger partial charge in [-0.2, -0.15) is 0 Å². The van der Waals surface area contributed by atoms with Crippen molar-refractivity contribution in [2.24, 2.45) is 0 Å². The molecule has 2 aromatic rings. The van der Waals surface area contributed by atoms with Crippen molar-refractivity contribution in [3.8, 4) is 0 Å². The van der Waals surface area contributed by atoms with Crippen LogP contribution in [-0.2, 0) is 11.8 Å². The van der Waals surface area contributed by atoms with E-state index in [4.69, 9.17) is 28.2 Å². The average Bonchev–Trinajstić information content (AvgIpc) is 2.57. The number of aromatic nitrogens is 1.